The summed E-state index contributed by atoms with van der Waals surface area (Å²) in [7, 11) is -3.59. The third-order valence-electron chi connectivity index (χ3n) is 5.55. The van der Waals surface area contributed by atoms with Crippen LogP contribution in [-0.2, 0) is 22.9 Å². The largest absolute Gasteiger partial charge is 0.478 e. The fourth-order valence-electron chi connectivity index (χ4n) is 3.94. The number of hydrogen-bond acceptors (Lipinski definition) is 5. The molecule has 2 aliphatic rings. The standard InChI is InChI=1S/C21H24ClN3O4S/c1-2-29-19-9-8-18(22)20(23-19)21(26)24-10-12-25(13-11-24)30(27,28)17-7-6-15-4-3-5-16(15)14-17/h6-9,14H,2-5,10-13H2,1H3. The number of piperazine rings is 1. The zero-order valence-electron chi connectivity index (χ0n) is 16.8. The van der Waals surface area contributed by atoms with Crippen LogP contribution in [0.4, 0.5) is 0 Å². The molecule has 0 atom stereocenters. The third kappa shape index (κ3) is 4.04. The molecule has 2 heterocycles. The van der Waals surface area contributed by atoms with E-state index < -0.39 is 10.0 Å². The summed E-state index contributed by atoms with van der Waals surface area (Å²) < 4.78 is 33.0. The summed E-state index contributed by atoms with van der Waals surface area (Å²) in [6.45, 7) is 3.28. The molecule has 0 spiro atoms. The number of benzene rings is 1. The van der Waals surface area contributed by atoms with Gasteiger partial charge in [-0.3, -0.25) is 4.79 Å². The molecule has 0 unspecified atom stereocenters. The smallest absolute Gasteiger partial charge is 0.274 e. The van der Waals surface area contributed by atoms with Crippen LogP contribution in [0.25, 0.3) is 0 Å². The average molecular weight is 450 g/mol. The van der Waals surface area contributed by atoms with Gasteiger partial charge in [0, 0.05) is 32.2 Å². The number of ether oxygens (including phenoxy) is 1. The van der Waals surface area contributed by atoms with Crippen molar-refractivity contribution in [2.45, 2.75) is 31.1 Å². The first-order chi connectivity index (χ1) is 14.4. The number of sulfonamides is 1. The van der Waals surface area contributed by atoms with Crippen molar-refractivity contribution in [2.24, 2.45) is 0 Å². The summed E-state index contributed by atoms with van der Waals surface area (Å²) in [6.07, 6.45) is 3.01. The molecule has 0 bridgehead atoms. The van der Waals surface area contributed by atoms with E-state index in [-0.39, 0.29) is 42.8 Å². The molecule has 9 heteroatoms. The predicted octanol–water partition coefficient (Wildman–Crippen LogP) is 2.77. The van der Waals surface area contributed by atoms with Crippen molar-refractivity contribution in [1.82, 2.24) is 14.2 Å². The van der Waals surface area contributed by atoms with Gasteiger partial charge in [0.25, 0.3) is 5.91 Å². The topological polar surface area (TPSA) is 79.8 Å². The highest BCUT2D eigenvalue weighted by atomic mass is 35.5. The van der Waals surface area contributed by atoms with Gasteiger partial charge in [-0.15, -0.1) is 0 Å². The second kappa shape index (κ2) is 8.53. The average Bonchev–Trinajstić information content (AvgIpc) is 3.23. The molecule has 1 aromatic carbocycles. The van der Waals surface area contributed by atoms with E-state index in [0.717, 1.165) is 24.8 Å². The normalized spacial score (nSPS) is 17.1. The molecule has 1 aromatic heterocycles. The first-order valence-corrected chi connectivity index (χ1v) is 11.9. The van der Waals surface area contributed by atoms with E-state index in [1.165, 1.54) is 9.87 Å². The van der Waals surface area contributed by atoms with Crippen LogP contribution in [0.2, 0.25) is 5.02 Å². The Bertz CT molecular complexity index is 1070. The number of rotatable bonds is 5. The van der Waals surface area contributed by atoms with E-state index in [1.807, 2.05) is 13.0 Å². The van der Waals surface area contributed by atoms with E-state index in [9.17, 15) is 13.2 Å². The van der Waals surface area contributed by atoms with Crippen molar-refractivity contribution in [3.05, 3.63) is 52.2 Å². The lowest BCUT2D eigenvalue weighted by molar-refractivity contribution is 0.0691. The Morgan fingerprint density at radius 2 is 1.83 bits per heavy atom. The van der Waals surface area contributed by atoms with Gasteiger partial charge in [0.1, 0.15) is 0 Å². The highest BCUT2D eigenvalue weighted by Gasteiger charge is 2.32. The molecule has 1 aliphatic heterocycles. The van der Waals surface area contributed by atoms with Crippen LogP contribution in [0.15, 0.2) is 35.2 Å². The van der Waals surface area contributed by atoms with Gasteiger partial charge in [-0.05, 0) is 55.5 Å². The molecule has 0 N–H and O–H groups in total. The number of halogens is 1. The van der Waals surface area contributed by atoms with Crippen molar-refractivity contribution in [3.8, 4) is 5.88 Å². The van der Waals surface area contributed by atoms with Gasteiger partial charge in [-0.1, -0.05) is 17.7 Å². The molecule has 7 nitrogen and oxygen atoms in total. The molecule has 1 fully saturated rings. The van der Waals surface area contributed by atoms with Gasteiger partial charge in [-0.2, -0.15) is 4.31 Å². The monoisotopic (exact) mass is 449 g/mol. The maximum absolute atomic E-state index is 13.1. The molecule has 1 amide bonds. The zero-order chi connectivity index (χ0) is 21.3. The maximum atomic E-state index is 13.1. The van der Waals surface area contributed by atoms with Gasteiger partial charge in [-0.25, -0.2) is 13.4 Å². The Morgan fingerprint density at radius 3 is 2.57 bits per heavy atom. The zero-order valence-corrected chi connectivity index (χ0v) is 18.4. The second-order valence-electron chi connectivity index (χ2n) is 7.39. The summed E-state index contributed by atoms with van der Waals surface area (Å²) in [5.74, 6) is 0.0132. The van der Waals surface area contributed by atoms with Gasteiger partial charge < -0.3 is 9.64 Å². The van der Waals surface area contributed by atoms with Crippen LogP contribution in [0.3, 0.4) is 0 Å². The summed E-state index contributed by atoms with van der Waals surface area (Å²) in [6, 6.07) is 8.62. The molecule has 30 heavy (non-hydrogen) atoms. The minimum absolute atomic E-state index is 0.123. The lowest BCUT2D eigenvalue weighted by Gasteiger charge is -2.34. The molecule has 0 radical (unpaired) electrons. The van der Waals surface area contributed by atoms with Crippen molar-refractivity contribution >= 4 is 27.5 Å². The minimum Gasteiger partial charge on any atom is -0.478 e. The SMILES string of the molecule is CCOc1ccc(Cl)c(C(=O)N2CCN(S(=O)(=O)c3ccc4c(c3)CCC4)CC2)n1. The second-order valence-corrected chi connectivity index (χ2v) is 9.74. The Hall–Kier alpha value is -2.16. The van der Waals surface area contributed by atoms with E-state index in [1.54, 1.807) is 29.2 Å². The fraction of sp³-hybridized carbons (Fsp3) is 0.429. The van der Waals surface area contributed by atoms with Gasteiger partial charge in [0.15, 0.2) is 5.69 Å². The number of aromatic nitrogens is 1. The summed E-state index contributed by atoms with van der Waals surface area (Å²) >= 11 is 6.17. The Morgan fingerprint density at radius 1 is 1.10 bits per heavy atom. The minimum atomic E-state index is -3.59. The summed E-state index contributed by atoms with van der Waals surface area (Å²) in [5.41, 5.74) is 2.49. The van der Waals surface area contributed by atoms with Gasteiger partial charge in [0.2, 0.25) is 15.9 Å². The highest BCUT2D eigenvalue weighted by molar-refractivity contribution is 7.89. The first-order valence-electron chi connectivity index (χ1n) is 10.1. The number of aryl methyl sites for hydroxylation is 2. The van der Waals surface area contributed by atoms with Gasteiger partial charge >= 0.3 is 0 Å². The number of amides is 1. The van der Waals surface area contributed by atoms with Crippen LogP contribution in [0, 0.1) is 0 Å². The number of fused-ring (bicyclic) bond motifs is 1. The predicted molar refractivity (Wildman–Crippen MR) is 114 cm³/mol. The van der Waals surface area contributed by atoms with E-state index in [2.05, 4.69) is 4.98 Å². The van der Waals surface area contributed by atoms with Crippen LogP contribution in [0.5, 0.6) is 5.88 Å². The summed E-state index contributed by atoms with van der Waals surface area (Å²) in [4.78, 5) is 19.0. The van der Waals surface area contributed by atoms with E-state index >= 15 is 0 Å². The lowest BCUT2D eigenvalue weighted by atomic mass is 10.1. The maximum Gasteiger partial charge on any atom is 0.274 e. The molecule has 1 aliphatic carbocycles. The molecular weight excluding hydrogens is 426 g/mol. The number of nitrogens with zero attached hydrogens (tertiary/aromatic N) is 3. The van der Waals surface area contributed by atoms with E-state index in [0.29, 0.717) is 17.4 Å². The van der Waals surface area contributed by atoms with Crippen molar-refractivity contribution in [1.29, 1.82) is 0 Å². The van der Waals surface area contributed by atoms with Crippen molar-refractivity contribution in [3.63, 3.8) is 0 Å². The van der Waals surface area contributed by atoms with E-state index in [4.69, 9.17) is 16.3 Å². The lowest BCUT2D eigenvalue weighted by Crippen LogP contribution is -2.50. The molecule has 1 saturated heterocycles. The Balaban J connectivity index is 1.46. The highest BCUT2D eigenvalue weighted by Crippen LogP contribution is 2.27. The first kappa shape index (κ1) is 21.1. The molecule has 160 valence electrons. The molecule has 4 rings (SSSR count). The number of carbonyl (C=O) groups excluding carboxylic acids is 1. The third-order valence-corrected chi connectivity index (χ3v) is 7.75. The number of carbonyl (C=O) groups is 1. The fourth-order valence-corrected chi connectivity index (χ4v) is 5.60. The molecule has 0 saturated carbocycles. The number of hydrogen-bond donors (Lipinski definition) is 0. The number of pyridine rings is 1. The Kier molecular flexibility index (Phi) is 5.99. The summed E-state index contributed by atoms with van der Waals surface area (Å²) in [5, 5.41) is 0.247. The van der Waals surface area contributed by atoms with Gasteiger partial charge in [0.05, 0.1) is 16.5 Å². The van der Waals surface area contributed by atoms with Crippen LogP contribution < -0.4 is 4.74 Å². The Labute approximate surface area is 181 Å². The van der Waals surface area contributed by atoms with Crippen LogP contribution in [-0.4, -0.2) is 61.3 Å². The van der Waals surface area contributed by atoms with Crippen LogP contribution >= 0.6 is 11.6 Å². The van der Waals surface area contributed by atoms with Crippen LogP contribution in [0.1, 0.15) is 35.0 Å². The van der Waals surface area contributed by atoms with Crippen molar-refractivity contribution in [2.75, 3.05) is 32.8 Å². The quantitative estimate of drug-likeness (QED) is 0.701. The molecular formula is C21H24ClN3O4S. The molecule has 2 aromatic rings. The van der Waals surface area contributed by atoms with Crippen molar-refractivity contribution < 1.29 is 17.9 Å².